The summed E-state index contributed by atoms with van der Waals surface area (Å²) in [5.41, 5.74) is 0.506. The van der Waals surface area contributed by atoms with Crippen molar-refractivity contribution < 1.29 is 23.1 Å². The number of alkyl halides is 2. The van der Waals surface area contributed by atoms with Crippen LogP contribution in [0.3, 0.4) is 0 Å². The normalized spacial score (nSPS) is 20.6. The van der Waals surface area contributed by atoms with Crippen LogP contribution < -0.4 is 4.90 Å². The van der Waals surface area contributed by atoms with Gasteiger partial charge in [-0.25, -0.2) is 0 Å². The Hall–Kier alpha value is -2.81. The largest absolute Gasteiger partial charge is 0.437 e. The number of carbonyl (C=O) groups is 2. The molecule has 2 aromatic rings. The second-order valence-electron chi connectivity index (χ2n) is 7.78. The van der Waals surface area contributed by atoms with Crippen LogP contribution >= 0.6 is 0 Å². The zero-order valence-electron chi connectivity index (χ0n) is 17.0. The highest BCUT2D eigenvalue weighted by Crippen LogP contribution is 2.40. The smallest absolute Gasteiger partial charge is 0.338 e. The maximum absolute atomic E-state index is 14.5. The number of carbonyl (C=O) groups excluding carboxylic acids is 2. The van der Waals surface area contributed by atoms with E-state index >= 15 is 0 Å². The standard InChI is InChI=1S/C21H24F2N4O3/c1-3-27-15(2)17(13-24-27)18(28)25-11-9-20(10-12-25)14-26(16-7-5-4-6-8-16)19(29)21(22,23)30-20/h4-8,13H,3,9-12,14H2,1-2H3. The molecule has 0 N–H and O–H groups in total. The van der Waals surface area contributed by atoms with Crippen molar-refractivity contribution in [3.05, 3.63) is 47.8 Å². The number of piperidine rings is 1. The molecule has 4 rings (SSSR count). The van der Waals surface area contributed by atoms with Gasteiger partial charge in [-0.3, -0.25) is 14.3 Å². The van der Waals surface area contributed by atoms with Crippen molar-refractivity contribution in [2.24, 2.45) is 0 Å². The Labute approximate surface area is 173 Å². The zero-order chi connectivity index (χ0) is 21.5. The molecule has 0 atom stereocenters. The number of nitrogens with zero attached hydrogens (tertiary/aromatic N) is 4. The van der Waals surface area contributed by atoms with Gasteiger partial charge in [0.15, 0.2) is 0 Å². The van der Waals surface area contributed by atoms with Crippen molar-refractivity contribution in [3.63, 3.8) is 0 Å². The van der Waals surface area contributed by atoms with Gasteiger partial charge in [0.1, 0.15) is 0 Å². The maximum Gasteiger partial charge on any atom is 0.437 e. The number of morpholine rings is 1. The van der Waals surface area contributed by atoms with E-state index in [9.17, 15) is 18.4 Å². The van der Waals surface area contributed by atoms with E-state index in [4.69, 9.17) is 4.74 Å². The summed E-state index contributed by atoms with van der Waals surface area (Å²) < 4.78 is 35.8. The summed E-state index contributed by atoms with van der Waals surface area (Å²) in [5.74, 6) is -1.53. The van der Waals surface area contributed by atoms with Crippen molar-refractivity contribution >= 4 is 17.5 Å². The van der Waals surface area contributed by atoms with Gasteiger partial charge < -0.3 is 14.5 Å². The fourth-order valence-electron chi connectivity index (χ4n) is 4.20. The minimum absolute atomic E-state index is 0.0280. The third-order valence-corrected chi connectivity index (χ3v) is 5.95. The molecule has 0 bridgehead atoms. The van der Waals surface area contributed by atoms with E-state index in [0.717, 1.165) is 10.6 Å². The van der Waals surface area contributed by atoms with Gasteiger partial charge >= 0.3 is 12.0 Å². The van der Waals surface area contributed by atoms with Crippen molar-refractivity contribution in [3.8, 4) is 0 Å². The van der Waals surface area contributed by atoms with Gasteiger partial charge in [0.25, 0.3) is 5.91 Å². The lowest BCUT2D eigenvalue weighted by Crippen LogP contribution is -2.65. The van der Waals surface area contributed by atoms with E-state index in [1.165, 1.54) is 0 Å². The molecule has 1 aromatic carbocycles. The molecule has 1 spiro atoms. The van der Waals surface area contributed by atoms with E-state index < -0.39 is 17.6 Å². The molecule has 2 fully saturated rings. The highest BCUT2D eigenvalue weighted by atomic mass is 19.3. The monoisotopic (exact) mass is 418 g/mol. The minimum Gasteiger partial charge on any atom is -0.338 e. The van der Waals surface area contributed by atoms with E-state index in [1.807, 2.05) is 13.8 Å². The number of ether oxygens (including phenoxy) is 1. The summed E-state index contributed by atoms with van der Waals surface area (Å²) in [5, 5.41) is 4.21. The van der Waals surface area contributed by atoms with Gasteiger partial charge in [-0.15, -0.1) is 0 Å². The van der Waals surface area contributed by atoms with E-state index in [-0.39, 0.29) is 38.4 Å². The number of rotatable bonds is 3. The first kappa shape index (κ1) is 20.5. The highest BCUT2D eigenvalue weighted by Gasteiger charge is 2.57. The Morgan fingerprint density at radius 1 is 1.20 bits per heavy atom. The molecule has 0 saturated carbocycles. The lowest BCUT2D eigenvalue weighted by Gasteiger charge is -2.48. The Balaban J connectivity index is 1.52. The third kappa shape index (κ3) is 3.47. The van der Waals surface area contributed by atoms with Crippen LogP contribution in [0, 0.1) is 6.92 Å². The molecule has 3 heterocycles. The molecule has 2 aliphatic rings. The molecule has 2 amide bonds. The number of aromatic nitrogens is 2. The Kier molecular flexibility index (Phi) is 5.09. The molecule has 0 aliphatic carbocycles. The lowest BCUT2D eigenvalue weighted by atomic mass is 9.88. The molecule has 160 valence electrons. The average molecular weight is 418 g/mol. The summed E-state index contributed by atoms with van der Waals surface area (Å²) in [7, 11) is 0. The number of hydrogen-bond acceptors (Lipinski definition) is 4. The quantitative estimate of drug-likeness (QED) is 0.769. The highest BCUT2D eigenvalue weighted by molar-refractivity contribution is 5.98. The molecular formula is C21H24F2N4O3. The lowest BCUT2D eigenvalue weighted by molar-refractivity contribution is -0.292. The topological polar surface area (TPSA) is 67.7 Å². The predicted octanol–water partition coefficient (Wildman–Crippen LogP) is 2.84. The molecular weight excluding hydrogens is 394 g/mol. The average Bonchev–Trinajstić information content (AvgIpc) is 3.11. The molecule has 0 unspecified atom stereocenters. The predicted molar refractivity (Wildman–Crippen MR) is 105 cm³/mol. The number of aryl methyl sites for hydroxylation is 1. The van der Waals surface area contributed by atoms with Crippen LogP contribution in [0.1, 0.15) is 35.8 Å². The van der Waals surface area contributed by atoms with Gasteiger partial charge in [0.2, 0.25) is 0 Å². The second-order valence-corrected chi connectivity index (χ2v) is 7.78. The molecule has 1 aromatic heterocycles. The van der Waals surface area contributed by atoms with Gasteiger partial charge in [0.05, 0.1) is 23.9 Å². The van der Waals surface area contributed by atoms with E-state index in [2.05, 4.69) is 5.10 Å². The Morgan fingerprint density at radius 2 is 1.87 bits per heavy atom. The molecule has 0 radical (unpaired) electrons. The first-order valence-corrected chi connectivity index (χ1v) is 10.0. The van der Waals surface area contributed by atoms with Crippen molar-refractivity contribution in [1.82, 2.24) is 14.7 Å². The van der Waals surface area contributed by atoms with E-state index in [0.29, 0.717) is 17.8 Å². The first-order chi connectivity index (χ1) is 14.3. The van der Waals surface area contributed by atoms with Crippen LogP contribution in [-0.4, -0.2) is 57.8 Å². The fraction of sp³-hybridized carbons (Fsp3) is 0.476. The molecule has 2 aliphatic heterocycles. The number of halogens is 2. The Morgan fingerprint density at radius 3 is 2.47 bits per heavy atom. The summed E-state index contributed by atoms with van der Waals surface area (Å²) >= 11 is 0. The van der Waals surface area contributed by atoms with Crippen LogP contribution in [-0.2, 0) is 16.1 Å². The van der Waals surface area contributed by atoms with Gasteiger partial charge in [-0.05, 0) is 38.8 Å². The van der Waals surface area contributed by atoms with Crippen LogP contribution in [0.4, 0.5) is 14.5 Å². The molecule has 9 heteroatoms. The summed E-state index contributed by atoms with van der Waals surface area (Å²) in [6.07, 6.45) is -1.93. The number of anilines is 1. The van der Waals surface area contributed by atoms with Gasteiger partial charge in [-0.2, -0.15) is 13.9 Å². The van der Waals surface area contributed by atoms with E-state index in [1.54, 1.807) is 46.1 Å². The first-order valence-electron chi connectivity index (χ1n) is 10.0. The number of likely N-dealkylation sites (tertiary alicyclic amines) is 1. The van der Waals surface area contributed by atoms with Crippen LogP contribution in [0.2, 0.25) is 0 Å². The maximum atomic E-state index is 14.5. The Bertz CT molecular complexity index is 952. The van der Waals surface area contributed by atoms with Crippen LogP contribution in [0.5, 0.6) is 0 Å². The summed E-state index contributed by atoms with van der Waals surface area (Å²) in [6.45, 7) is 5.00. The number of para-hydroxylation sites is 1. The van der Waals surface area contributed by atoms with Crippen molar-refractivity contribution in [2.75, 3.05) is 24.5 Å². The molecule has 30 heavy (non-hydrogen) atoms. The van der Waals surface area contributed by atoms with Crippen LogP contribution in [0.15, 0.2) is 36.5 Å². The third-order valence-electron chi connectivity index (χ3n) is 5.95. The number of amides is 2. The fourth-order valence-corrected chi connectivity index (χ4v) is 4.20. The van der Waals surface area contributed by atoms with Gasteiger partial charge in [0, 0.05) is 31.0 Å². The number of benzene rings is 1. The molecule has 7 nitrogen and oxygen atoms in total. The van der Waals surface area contributed by atoms with Gasteiger partial charge in [-0.1, -0.05) is 18.2 Å². The van der Waals surface area contributed by atoms with Crippen molar-refractivity contribution in [1.29, 1.82) is 0 Å². The minimum atomic E-state index is -3.90. The summed E-state index contributed by atoms with van der Waals surface area (Å²) in [6, 6.07) is 8.40. The zero-order valence-corrected chi connectivity index (χ0v) is 17.0. The number of hydrogen-bond donors (Lipinski definition) is 0. The van der Waals surface area contributed by atoms with Crippen molar-refractivity contribution in [2.45, 2.75) is 44.9 Å². The summed E-state index contributed by atoms with van der Waals surface area (Å²) in [4.78, 5) is 27.9. The van der Waals surface area contributed by atoms with Crippen LogP contribution in [0.25, 0.3) is 0 Å². The molecule has 2 saturated heterocycles. The SMILES string of the molecule is CCn1ncc(C(=O)N2CCC3(CC2)CN(c2ccccc2)C(=O)C(F)(F)O3)c1C. The second kappa shape index (κ2) is 7.46.